The molecule has 2 aromatic rings. The van der Waals surface area contributed by atoms with E-state index in [9.17, 15) is 14.7 Å². The maximum atomic E-state index is 12.2. The number of H-pyrrole nitrogens is 1. The molecule has 2 unspecified atom stereocenters. The van der Waals surface area contributed by atoms with Crippen molar-refractivity contribution in [1.29, 1.82) is 0 Å². The summed E-state index contributed by atoms with van der Waals surface area (Å²) in [6.07, 6.45) is 0.205. The minimum atomic E-state index is -1.37. The summed E-state index contributed by atoms with van der Waals surface area (Å²) >= 11 is 4.73. The van der Waals surface area contributed by atoms with E-state index in [2.05, 4.69) is 31.4 Å². The Labute approximate surface area is 135 Å². The van der Waals surface area contributed by atoms with Crippen molar-refractivity contribution >= 4 is 34.8 Å². The molecule has 23 heavy (non-hydrogen) atoms. The van der Waals surface area contributed by atoms with Gasteiger partial charge in [-0.1, -0.05) is 12.1 Å². The minimum absolute atomic E-state index is 0.0106. The van der Waals surface area contributed by atoms with Gasteiger partial charge in [0.05, 0.1) is 6.20 Å². The lowest BCUT2D eigenvalue weighted by Crippen LogP contribution is -2.61. The van der Waals surface area contributed by atoms with Gasteiger partial charge in [-0.2, -0.15) is 15.4 Å². The van der Waals surface area contributed by atoms with Crippen LogP contribution in [0.3, 0.4) is 0 Å². The van der Waals surface area contributed by atoms with E-state index < -0.39 is 24.0 Å². The van der Waals surface area contributed by atoms with Crippen LogP contribution in [0.4, 0.5) is 5.69 Å². The molecule has 3 rings (SSSR count). The molecule has 2 amide bonds. The van der Waals surface area contributed by atoms with Crippen LogP contribution in [0.15, 0.2) is 30.5 Å². The van der Waals surface area contributed by atoms with E-state index in [0.717, 1.165) is 5.56 Å². The van der Waals surface area contributed by atoms with Crippen LogP contribution in [0.5, 0.6) is 0 Å². The van der Waals surface area contributed by atoms with E-state index in [1.165, 1.54) is 0 Å². The number of carbonyl (C=O) groups is 2. The number of nitrogens with zero attached hydrogens (tertiary/aromatic N) is 2. The third-order valence-electron chi connectivity index (χ3n) is 3.26. The number of hydrogen-bond donors (Lipinski definition) is 5. The summed E-state index contributed by atoms with van der Waals surface area (Å²) < 4.78 is 0. The molecular weight excluding hydrogens is 320 g/mol. The van der Waals surface area contributed by atoms with Crippen LogP contribution in [-0.2, 0) is 9.59 Å². The third-order valence-corrected chi connectivity index (χ3v) is 3.48. The summed E-state index contributed by atoms with van der Waals surface area (Å²) in [5.41, 5.74) is 1.97. The van der Waals surface area contributed by atoms with Crippen LogP contribution in [0.1, 0.15) is 0 Å². The Kier molecular flexibility index (Phi) is 4.00. The number of aromatic nitrogens is 3. The van der Waals surface area contributed by atoms with Crippen molar-refractivity contribution in [2.24, 2.45) is 5.92 Å². The average Bonchev–Trinajstić information content (AvgIpc) is 3.01. The molecule has 1 saturated heterocycles. The van der Waals surface area contributed by atoms with Gasteiger partial charge in [-0.25, -0.2) is 0 Å². The smallest absolute Gasteiger partial charge is 0.243 e. The van der Waals surface area contributed by atoms with Gasteiger partial charge in [0.25, 0.3) is 0 Å². The quantitative estimate of drug-likeness (QED) is 0.373. The van der Waals surface area contributed by atoms with E-state index in [-0.39, 0.29) is 5.11 Å². The molecule has 2 heterocycles. The Bertz CT molecular complexity index is 746. The van der Waals surface area contributed by atoms with Crippen molar-refractivity contribution in [2.75, 3.05) is 5.32 Å². The fourth-order valence-corrected chi connectivity index (χ4v) is 2.36. The van der Waals surface area contributed by atoms with E-state index in [1.54, 1.807) is 30.5 Å². The highest BCUT2D eigenvalue weighted by Gasteiger charge is 2.38. The summed E-state index contributed by atoms with van der Waals surface area (Å²) in [5, 5.41) is 27.3. The van der Waals surface area contributed by atoms with Crippen LogP contribution in [0.2, 0.25) is 0 Å². The molecule has 1 aliphatic rings. The number of benzene rings is 1. The molecule has 9 nitrogen and oxygen atoms in total. The molecule has 1 aromatic carbocycles. The second-order valence-corrected chi connectivity index (χ2v) is 5.22. The van der Waals surface area contributed by atoms with Gasteiger partial charge >= 0.3 is 0 Å². The predicted molar refractivity (Wildman–Crippen MR) is 83.8 cm³/mol. The molecule has 1 aliphatic heterocycles. The zero-order valence-electron chi connectivity index (χ0n) is 11.6. The zero-order chi connectivity index (χ0) is 16.4. The Morgan fingerprint density at radius 2 is 2.04 bits per heavy atom. The first-order valence-corrected chi connectivity index (χ1v) is 7.02. The van der Waals surface area contributed by atoms with Crippen LogP contribution in [0, 0.1) is 5.92 Å². The van der Waals surface area contributed by atoms with Crippen molar-refractivity contribution in [1.82, 2.24) is 26.0 Å². The van der Waals surface area contributed by atoms with Gasteiger partial charge in [0.1, 0.15) is 11.9 Å². The average molecular weight is 332 g/mol. The fraction of sp³-hybridized carbons (Fsp3) is 0.154. The van der Waals surface area contributed by atoms with Crippen molar-refractivity contribution in [3.8, 4) is 11.3 Å². The third kappa shape index (κ3) is 3.17. The molecule has 5 N–H and O–H groups in total. The van der Waals surface area contributed by atoms with Gasteiger partial charge in [0, 0.05) is 11.3 Å². The summed E-state index contributed by atoms with van der Waals surface area (Å²) in [6, 6.07) is 6.82. The highest BCUT2D eigenvalue weighted by molar-refractivity contribution is 7.80. The summed E-state index contributed by atoms with van der Waals surface area (Å²) in [4.78, 5) is 23.9. The first-order valence-electron chi connectivity index (χ1n) is 6.61. The SMILES string of the molecule is O=C1NC(=S)NC(O)C1C(=O)Nc1ccc(-c2cn[nH]n2)cc1. The lowest BCUT2D eigenvalue weighted by atomic mass is 10.0. The summed E-state index contributed by atoms with van der Waals surface area (Å²) in [6.45, 7) is 0. The van der Waals surface area contributed by atoms with E-state index in [1.807, 2.05) is 0 Å². The number of carbonyl (C=O) groups excluding carboxylic acids is 2. The highest BCUT2D eigenvalue weighted by atomic mass is 32.1. The van der Waals surface area contributed by atoms with Crippen molar-refractivity contribution < 1.29 is 14.7 Å². The Balaban J connectivity index is 1.70. The van der Waals surface area contributed by atoms with Crippen LogP contribution < -0.4 is 16.0 Å². The predicted octanol–water partition coefficient (Wildman–Crippen LogP) is -0.651. The maximum absolute atomic E-state index is 12.2. The number of anilines is 1. The fourth-order valence-electron chi connectivity index (χ4n) is 2.13. The number of thiocarbonyl (C=S) groups is 1. The van der Waals surface area contributed by atoms with Crippen LogP contribution in [0.25, 0.3) is 11.3 Å². The molecule has 0 bridgehead atoms. The normalized spacial score (nSPS) is 20.6. The molecule has 1 fully saturated rings. The number of amides is 2. The number of rotatable bonds is 3. The maximum Gasteiger partial charge on any atom is 0.243 e. The molecule has 10 heteroatoms. The first-order chi connectivity index (χ1) is 11.0. The number of aliphatic hydroxyl groups is 1. The Morgan fingerprint density at radius 3 is 2.65 bits per heavy atom. The van der Waals surface area contributed by atoms with Gasteiger partial charge in [-0.05, 0) is 24.4 Å². The van der Waals surface area contributed by atoms with Gasteiger partial charge in [-0.3, -0.25) is 9.59 Å². The molecular formula is C13H12N6O3S. The van der Waals surface area contributed by atoms with Crippen LogP contribution >= 0.6 is 12.2 Å². The van der Waals surface area contributed by atoms with Gasteiger partial charge in [0.15, 0.2) is 11.0 Å². The molecule has 0 saturated carbocycles. The molecule has 118 valence electrons. The Morgan fingerprint density at radius 1 is 1.30 bits per heavy atom. The number of aromatic amines is 1. The summed E-state index contributed by atoms with van der Waals surface area (Å²) in [7, 11) is 0. The van der Waals surface area contributed by atoms with Gasteiger partial charge in [0.2, 0.25) is 11.8 Å². The minimum Gasteiger partial charge on any atom is -0.372 e. The van der Waals surface area contributed by atoms with Crippen molar-refractivity contribution in [3.63, 3.8) is 0 Å². The van der Waals surface area contributed by atoms with Crippen molar-refractivity contribution in [2.45, 2.75) is 6.23 Å². The van der Waals surface area contributed by atoms with E-state index in [0.29, 0.717) is 11.4 Å². The van der Waals surface area contributed by atoms with E-state index >= 15 is 0 Å². The number of aliphatic hydroxyl groups excluding tert-OH is 1. The second-order valence-electron chi connectivity index (χ2n) is 4.81. The van der Waals surface area contributed by atoms with E-state index in [4.69, 9.17) is 12.2 Å². The molecule has 1 aromatic heterocycles. The second kappa shape index (κ2) is 6.10. The number of nitrogens with one attached hydrogen (secondary N) is 4. The van der Waals surface area contributed by atoms with Gasteiger partial charge < -0.3 is 21.1 Å². The Hall–Kier alpha value is -2.85. The summed E-state index contributed by atoms with van der Waals surface area (Å²) in [5.74, 6) is -2.59. The zero-order valence-corrected chi connectivity index (χ0v) is 12.4. The largest absolute Gasteiger partial charge is 0.372 e. The molecule has 2 atom stereocenters. The lowest BCUT2D eigenvalue weighted by Gasteiger charge is -2.28. The monoisotopic (exact) mass is 332 g/mol. The molecule has 0 aliphatic carbocycles. The van der Waals surface area contributed by atoms with Crippen molar-refractivity contribution in [3.05, 3.63) is 30.5 Å². The molecule has 0 spiro atoms. The lowest BCUT2D eigenvalue weighted by molar-refractivity contribution is -0.137. The highest BCUT2D eigenvalue weighted by Crippen LogP contribution is 2.19. The topological polar surface area (TPSA) is 132 Å². The standard InChI is InChI=1S/C13H12N6O3S/c20-10(9-11(21)16-13(23)17-12(9)22)15-7-3-1-6(2-4-7)8-5-14-19-18-8/h1-5,9,11,21H,(H,15,20)(H,14,18,19)(H2,16,17,22,23). The molecule has 0 radical (unpaired) electrons. The van der Waals surface area contributed by atoms with Crippen LogP contribution in [-0.4, -0.2) is 43.7 Å². The first kappa shape index (κ1) is 15.1. The number of hydrogen-bond acceptors (Lipinski definition) is 6. The van der Waals surface area contributed by atoms with Gasteiger partial charge in [-0.15, -0.1) is 0 Å².